The molecule has 0 saturated carbocycles. The fraction of sp³-hybridized carbons (Fsp3) is 0.0769. The highest BCUT2D eigenvalue weighted by atomic mass is 35.5. The largest absolute Gasteiger partial charge is 0.326 e. The van der Waals surface area contributed by atoms with Crippen LogP contribution < -0.4 is 5.73 Å². The van der Waals surface area contributed by atoms with Crippen molar-refractivity contribution in [3.8, 4) is 11.1 Å². The molecule has 0 aliphatic carbocycles. The first-order chi connectivity index (χ1) is 7.72. The highest BCUT2D eigenvalue weighted by molar-refractivity contribution is 6.33. The summed E-state index contributed by atoms with van der Waals surface area (Å²) < 4.78 is 13.6. The van der Waals surface area contributed by atoms with Crippen LogP contribution in [0.4, 0.5) is 4.39 Å². The highest BCUT2D eigenvalue weighted by Gasteiger charge is 2.08. The molecule has 0 amide bonds. The standard InChI is InChI=1S/C13H11ClFN/c14-12-7-9(8-16)5-6-10(12)11-3-1-2-4-13(11)15/h1-7H,8,16H2. The van der Waals surface area contributed by atoms with E-state index in [9.17, 15) is 4.39 Å². The molecule has 2 N–H and O–H groups in total. The summed E-state index contributed by atoms with van der Waals surface area (Å²) in [4.78, 5) is 0. The third kappa shape index (κ3) is 2.08. The van der Waals surface area contributed by atoms with Gasteiger partial charge >= 0.3 is 0 Å². The van der Waals surface area contributed by atoms with Crippen LogP contribution in [0.1, 0.15) is 5.56 Å². The average Bonchev–Trinajstić information content (AvgIpc) is 2.30. The van der Waals surface area contributed by atoms with E-state index in [1.54, 1.807) is 30.3 Å². The molecule has 0 unspecified atom stereocenters. The second-order valence-electron chi connectivity index (χ2n) is 3.50. The zero-order chi connectivity index (χ0) is 11.5. The average molecular weight is 236 g/mol. The van der Waals surface area contributed by atoms with Crippen molar-refractivity contribution in [1.29, 1.82) is 0 Å². The molecule has 0 aliphatic rings. The predicted molar refractivity (Wildman–Crippen MR) is 64.7 cm³/mol. The van der Waals surface area contributed by atoms with E-state index >= 15 is 0 Å². The van der Waals surface area contributed by atoms with Gasteiger partial charge in [0.15, 0.2) is 0 Å². The van der Waals surface area contributed by atoms with Crippen LogP contribution >= 0.6 is 11.6 Å². The molecule has 0 spiro atoms. The molecule has 1 nitrogen and oxygen atoms in total. The predicted octanol–water partition coefficient (Wildman–Crippen LogP) is 3.60. The maximum Gasteiger partial charge on any atom is 0.131 e. The topological polar surface area (TPSA) is 26.0 Å². The number of hydrogen-bond acceptors (Lipinski definition) is 1. The molecule has 0 aliphatic heterocycles. The van der Waals surface area contributed by atoms with Crippen molar-refractivity contribution in [2.45, 2.75) is 6.54 Å². The van der Waals surface area contributed by atoms with Gasteiger partial charge in [0.05, 0.1) is 0 Å². The first-order valence-electron chi connectivity index (χ1n) is 4.96. The van der Waals surface area contributed by atoms with Crippen LogP contribution in [0, 0.1) is 5.82 Å². The Hall–Kier alpha value is -1.38. The minimum atomic E-state index is -0.273. The van der Waals surface area contributed by atoms with Crippen LogP contribution in [0.25, 0.3) is 11.1 Å². The van der Waals surface area contributed by atoms with E-state index in [4.69, 9.17) is 17.3 Å². The van der Waals surface area contributed by atoms with Crippen molar-refractivity contribution >= 4 is 11.6 Å². The van der Waals surface area contributed by atoms with Crippen molar-refractivity contribution in [1.82, 2.24) is 0 Å². The summed E-state index contributed by atoms with van der Waals surface area (Å²) in [6.07, 6.45) is 0. The van der Waals surface area contributed by atoms with Crippen molar-refractivity contribution < 1.29 is 4.39 Å². The molecule has 0 heterocycles. The normalized spacial score (nSPS) is 10.4. The number of hydrogen-bond donors (Lipinski definition) is 1. The molecule has 0 atom stereocenters. The van der Waals surface area contributed by atoms with Gasteiger partial charge in [-0.3, -0.25) is 0 Å². The van der Waals surface area contributed by atoms with Crippen LogP contribution in [0.3, 0.4) is 0 Å². The summed E-state index contributed by atoms with van der Waals surface area (Å²) in [6.45, 7) is 0.428. The molecular formula is C13H11ClFN. The summed E-state index contributed by atoms with van der Waals surface area (Å²) in [5.74, 6) is -0.273. The lowest BCUT2D eigenvalue weighted by Gasteiger charge is -2.07. The summed E-state index contributed by atoms with van der Waals surface area (Å²) in [5, 5.41) is 0.521. The quantitative estimate of drug-likeness (QED) is 0.846. The molecule has 2 aromatic carbocycles. The molecule has 2 aromatic rings. The lowest BCUT2D eigenvalue weighted by atomic mass is 10.0. The van der Waals surface area contributed by atoms with Gasteiger partial charge < -0.3 is 5.73 Å². The van der Waals surface area contributed by atoms with E-state index in [-0.39, 0.29) is 5.82 Å². The van der Waals surface area contributed by atoms with Gasteiger partial charge in [-0.05, 0) is 17.7 Å². The molecule has 2 rings (SSSR count). The van der Waals surface area contributed by atoms with Crippen molar-refractivity contribution in [3.63, 3.8) is 0 Å². The monoisotopic (exact) mass is 235 g/mol. The number of rotatable bonds is 2. The summed E-state index contributed by atoms with van der Waals surface area (Å²) in [6, 6.07) is 12.0. The van der Waals surface area contributed by atoms with E-state index in [0.717, 1.165) is 5.56 Å². The zero-order valence-electron chi connectivity index (χ0n) is 8.58. The second kappa shape index (κ2) is 4.64. The van der Waals surface area contributed by atoms with E-state index in [1.165, 1.54) is 6.07 Å². The Morgan fingerprint density at radius 1 is 1.06 bits per heavy atom. The van der Waals surface area contributed by atoms with Gasteiger partial charge in [0.25, 0.3) is 0 Å². The number of nitrogens with two attached hydrogens (primary N) is 1. The lowest BCUT2D eigenvalue weighted by Crippen LogP contribution is -1.96. The van der Waals surface area contributed by atoms with E-state index in [2.05, 4.69) is 0 Å². The second-order valence-corrected chi connectivity index (χ2v) is 3.91. The maximum atomic E-state index is 13.6. The van der Waals surface area contributed by atoms with Crippen LogP contribution in [0.2, 0.25) is 5.02 Å². The Morgan fingerprint density at radius 2 is 1.81 bits per heavy atom. The van der Waals surface area contributed by atoms with Crippen molar-refractivity contribution in [2.24, 2.45) is 5.73 Å². The minimum absolute atomic E-state index is 0.273. The Balaban J connectivity index is 2.53. The zero-order valence-corrected chi connectivity index (χ0v) is 9.34. The fourth-order valence-electron chi connectivity index (χ4n) is 1.58. The molecule has 0 bridgehead atoms. The molecule has 0 radical (unpaired) electrons. The molecule has 3 heteroatoms. The van der Waals surface area contributed by atoms with Crippen LogP contribution in [0.15, 0.2) is 42.5 Å². The third-order valence-electron chi connectivity index (χ3n) is 2.43. The first-order valence-corrected chi connectivity index (χ1v) is 5.33. The van der Waals surface area contributed by atoms with Gasteiger partial charge in [0.2, 0.25) is 0 Å². The van der Waals surface area contributed by atoms with Gasteiger partial charge in [0.1, 0.15) is 5.82 Å². The van der Waals surface area contributed by atoms with Crippen LogP contribution in [-0.4, -0.2) is 0 Å². The summed E-state index contributed by atoms with van der Waals surface area (Å²) in [5.41, 5.74) is 7.64. The smallest absolute Gasteiger partial charge is 0.131 e. The molecule has 0 fully saturated rings. The first kappa shape index (κ1) is 11.1. The summed E-state index contributed by atoms with van der Waals surface area (Å²) in [7, 11) is 0. The van der Waals surface area contributed by atoms with Gasteiger partial charge in [-0.1, -0.05) is 41.9 Å². The Kier molecular flexibility index (Phi) is 3.22. The van der Waals surface area contributed by atoms with Crippen LogP contribution in [-0.2, 0) is 6.54 Å². The number of benzene rings is 2. The van der Waals surface area contributed by atoms with Crippen molar-refractivity contribution in [3.05, 3.63) is 58.9 Å². The molecule has 0 aromatic heterocycles. The SMILES string of the molecule is NCc1ccc(-c2ccccc2F)c(Cl)c1. The maximum absolute atomic E-state index is 13.6. The Labute approximate surface area is 98.7 Å². The fourth-order valence-corrected chi connectivity index (χ4v) is 1.89. The highest BCUT2D eigenvalue weighted by Crippen LogP contribution is 2.30. The Bertz CT molecular complexity index is 511. The van der Waals surface area contributed by atoms with Gasteiger partial charge in [-0.25, -0.2) is 4.39 Å². The van der Waals surface area contributed by atoms with Gasteiger partial charge in [0, 0.05) is 22.7 Å². The molecular weight excluding hydrogens is 225 g/mol. The van der Waals surface area contributed by atoms with Crippen molar-refractivity contribution in [2.75, 3.05) is 0 Å². The summed E-state index contributed by atoms with van der Waals surface area (Å²) >= 11 is 6.09. The van der Waals surface area contributed by atoms with Gasteiger partial charge in [-0.15, -0.1) is 0 Å². The van der Waals surface area contributed by atoms with E-state index in [1.807, 2.05) is 6.07 Å². The minimum Gasteiger partial charge on any atom is -0.326 e. The molecule has 82 valence electrons. The molecule has 16 heavy (non-hydrogen) atoms. The van der Waals surface area contributed by atoms with E-state index in [0.29, 0.717) is 22.7 Å². The lowest BCUT2D eigenvalue weighted by molar-refractivity contribution is 0.631. The van der Waals surface area contributed by atoms with Gasteiger partial charge in [-0.2, -0.15) is 0 Å². The Morgan fingerprint density at radius 3 is 2.44 bits per heavy atom. The third-order valence-corrected chi connectivity index (χ3v) is 2.75. The van der Waals surface area contributed by atoms with E-state index < -0.39 is 0 Å². The van der Waals surface area contributed by atoms with Crippen LogP contribution in [0.5, 0.6) is 0 Å². The number of halogens is 2. The molecule has 0 saturated heterocycles.